The Labute approximate surface area is 78.7 Å². The van der Waals surface area contributed by atoms with Gasteiger partial charge in [0.1, 0.15) is 0 Å². The average molecular weight is 174 g/mol. The van der Waals surface area contributed by atoms with E-state index in [0.717, 1.165) is 12.1 Å². The minimum absolute atomic E-state index is 0.116. The number of hydrazone groups is 1. The molecule has 0 radical (unpaired) electrons. The molecule has 0 fully saturated rings. The first-order valence-electron chi connectivity index (χ1n) is 4.57. The van der Waals surface area contributed by atoms with Gasteiger partial charge in [-0.1, -0.05) is 30.3 Å². The van der Waals surface area contributed by atoms with E-state index >= 15 is 0 Å². The van der Waals surface area contributed by atoms with Crippen LogP contribution in [0, 0.1) is 0 Å². The maximum atomic E-state index is 4.33. The predicted octanol–water partition coefficient (Wildman–Crippen LogP) is 2.16. The van der Waals surface area contributed by atoms with Gasteiger partial charge in [-0.3, -0.25) is 0 Å². The van der Waals surface area contributed by atoms with E-state index in [-0.39, 0.29) is 5.54 Å². The molecule has 2 rings (SSSR count). The molecule has 13 heavy (non-hydrogen) atoms. The molecule has 1 heterocycles. The zero-order valence-electron chi connectivity index (χ0n) is 8.04. The van der Waals surface area contributed by atoms with Crippen LogP contribution in [-0.2, 0) is 0 Å². The Hall–Kier alpha value is -1.31. The molecular formula is C11H14N2. The molecule has 68 valence electrons. The van der Waals surface area contributed by atoms with Crippen LogP contribution in [0.3, 0.4) is 0 Å². The van der Waals surface area contributed by atoms with E-state index in [9.17, 15) is 0 Å². The highest BCUT2D eigenvalue weighted by atomic mass is 15.4. The quantitative estimate of drug-likeness (QED) is 0.693. The second kappa shape index (κ2) is 2.87. The summed E-state index contributed by atoms with van der Waals surface area (Å²) in [5.74, 6) is 0. The van der Waals surface area contributed by atoms with Crippen LogP contribution in [0.15, 0.2) is 35.4 Å². The number of benzene rings is 1. The fourth-order valence-electron chi connectivity index (χ4n) is 1.51. The van der Waals surface area contributed by atoms with Gasteiger partial charge in [0.25, 0.3) is 0 Å². The smallest absolute Gasteiger partial charge is 0.0699 e. The van der Waals surface area contributed by atoms with Crippen LogP contribution in [0.2, 0.25) is 0 Å². The fraction of sp³-hybridized carbons (Fsp3) is 0.364. The molecule has 0 saturated carbocycles. The van der Waals surface area contributed by atoms with Gasteiger partial charge in [-0.15, -0.1) is 0 Å². The molecule has 0 unspecified atom stereocenters. The van der Waals surface area contributed by atoms with Gasteiger partial charge in [0.05, 0.1) is 11.3 Å². The van der Waals surface area contributed by atoms with Crippen molar-refractivity contribution in [3.63, 3.8) is 0 Å². The minimum Gasteiger partial charge on any atom is -0.304 e. The van der Waals surface area contributed by atoms with Gasteiger partial charge < -0.3 is 5.43 Å². The minimum atomic E-state index is 0.116. The van der Waals surface area contributed by atoms with Crippen LogP contribution >= 0.6 is 0 Å². The van der Waals surface area contributed by atoms with E-state index in [1.54, 1.807) is 0 Å². The topological polar surface area (TPSA) is 24.4 Å². The van der Waals surface area contributed by atoms with Crippen LogP contribution in [0.25, 0.3) is 0 Å². The van der Waals surface area contributed by atoms with E-state index in [1.807, 2.05) is 18.2 Å². The molecule has 0 atom stereocenters. The van der Waals surface area contributed by atoms with Crippen LogP contribution in [-0.4, -0.2) is 11.3 Å². The number of nitrogens with one attached hydrogen (secondary N) is 1. The molecule has 1 N–H and O–H groups in total. The average Bonchev–Trinajstić information content (AvgIpc) is 2.48. The molecule has 2 nitrogen and oxygen atoms in total. The Morgan fingerprint density at radius 3 is 2.46 bits per heavy atom. The molecular weight excluding hydrogens is 160 g/mol. The molecule has 0 spiro atoms. The van der Waals surface area contributed by atoms with E-state index in [0.29, 0.717) is 0 Å². The molecule has 0 aliphatic carbocycles. The summed E-state index contributed by atoms with van der Waals surface area (Å²) in [6.45, 7) is 4.32. The van der Waals surface area contributed by atoms with Gasteiger partial charge in [0.15, 0.2) is 0 Å². The first-order valence-corrected chi connectivity index (χ1v) is 4.57. The van der Waals surface area contributed by atoms with Crippen molar-refractivity contribution in [3.05, 3.63) is 35.9 Å². The normalized spacial score (nSPS) is 19.4. The first-order chi connectivity index (χ1) is 6.17. The Morgan fingerprint density at radius 2 is 1.92 bits per heavy atom. The maximum Gasteiger partial charge on any atom is 0.0699 e. The molecule has 0 amide bonds. The highest BCUT2D eigenvalue weighted by Gasteiger charge is 2.25. The molecule has 0 aromatic heterocycles. The Balaban J connectivity index is 2.22. The standard InChI is InChI=1S/C11H14N2/c1-11(2)8-10(12-13-11)9-6-4-3-5-7-9/h3-7,13H,8H2,1-2H3. The molecule has 2 heteroatoms. The third kappa shape index (κ3) is 1.72. The molecule has 0 bridgehead atoms. The van der Waals surface area contributed by atoms with E-state index in [4.69, 9.17) is 0 Å². The summed E-state index contributed by atoms with van der Waals surface area (Å²) in [6, 6.07) is 10.3. The molecule has 1 aromatic rings. The lowest BCUT2D eigenvalue weighted by Gasteiger charge is -2.15. The highest BCUT2D eigenvalue weighted by Crippen LogP contribution is 2.19. The lowest BCUT2D eigenvalue weighted by atomic mass is 9.96. The molecule has 1 aliphatic rings. The summed E-state index contributed by atoms with van der Waals surface area (Å²) in [4.78, 5) is 0. The van der Waals surface area contributed by atoms with E-state index in [1.165, 1.54) is 5.56 Å². The summed E-state index contributed by atoms with van der Waals surface area (Å²) < 4.78 is 0. The third-order valence-electron chi connectivity index (χ3n) is 2.21. The first kappa shape index (κ1) is 8.30. The monoisotopic (exact) mass is 174 g/mol. The van der Waals surface area contributed by atoms with Crippen molar-refractivity contribution in [2.45, 2.75) is 25.8 Å². The van der Waals surface area contributed by atoms with Gasteiger partial charge in [-0.05, 0) is 19.4 Å². The molecule has 1 aromatic carbocycles. The van der Waals surface area contributed by atoms with Gasteiger partial charge in [0, 0.05) is 6.42 Å². The van der Waals surface area contributed by atoms with E-state index < -0.39 is 0 Å². The lowest BCUT2D eigenvalue weighted by molar-refractivity contribution is 0.446. The van der Waals surface area contributed by atoms with Crippen LogP contribution < -0.4 is 5.43 Å². The predicted molar refractivity (Wildman–Crippen MR) is 54.8 cm³/mol. The largest absolute Gasteiger partial charge is 0.304 e. The number of rotatable bonds is 1. The lowest BCUT2D eigenvalue weighted by Crippen LogP contribution is -2.30. The SMILES string of the molecule is CC1(C)CC(c2ccccc2)=NN1. The molecule has 0 saturated heterocycles. The Kier molecular flexibility index (Phi) is 1.83. The van der Waals surface area contributed by atoms with Crippen molar-refractivity contribution >= 4 is 5.71 Å². The fourth-order valence-corrected chi connectivity index (χ4v) is 1.51. The zero-order chi connectivity index (χ0) is 9.31. The van der Waals surface area contributed by atoms with Crippen molar-refractivity contribution in [1.29, 1.82) is 0 Å². The number of hydrogen-bond acceptors (Lipinski definition) is 2. The van der Waals surface area contributed by atoms with Gasteiger partial charge in [-0.2, -0.15) is 5.10 Å². The summed E-state index contributed by atoms with van der Waals surface area (Å²) in [5, 5.41) is 4.33. The van der Waals surface area contributed by atoms with Crippen molar-refractivity contribution in [2.24, 2.45) is 5.10 Å². The Bertz CT molecular complexity index is 325. The second-order valence-electron chi connectivity index (χ2n) is 4.10. The van der Waals surface area contributed by atoms with Gasteiger partial charge >= 0.3 is 0 Å². The molecule has 1 aliphatic heterocycles. The number of nitrogens with zero attached hydrogens (tertiary/aromatic N) is 1. The van der Waals surface area contributed by atoms with Crippen molar-refractivity contribution < 1.29 is 0 Å². The van der Waals surface area contributed by atoms with Gasteiger partial charge in [0.2, 0.25) is 0 Å². The van der Waals surface area contributed by atoms with Crippen molar-refractivity contribution in [3.8, 4) is 0 Å². The summed E-state index contributed by atoms with van der Waals surface area (Å²) in [7, 11) is 0. The summed E-state index contributed by atoms with van der Waals surface area (Å²) in [6.07, 6.45) is 0.997. The van der Waals surface area contributed by atoms with E-state index in [2.05, 4.69) is 36.5 Å². The second-order valence-corrected chi connectivity index (χ2v) is 4.10. The van der Waals surface area contributed by atoms with Crippen molar-refractivity contribution in [2.75, 3.05) is 0 Å². The highest BCUT2D eigenvalue weighted by molar-refractivity contribution is 6.02. The van der Waals surface area contributed by atoms with Crippen molar-refractivity contribution in [1.82, 2.24) is 5.43 Å². The third-order valence-corrected chi connectivity index (χ3v) is 2.21. The van der Waals surface area contributed by atoms with Crippen LogP contribution in [0.1, 0.15) is 25.8 Å². The van der Waals surface area contributed by atoms with Crippen LogP contribution in [0.5, 0.6) is 0 Å². The number of hydrogen-bond donors (Lipinski definition) is 1. The van der Waals surface area contributed by atoms with Crippen LogP contribution in [0.4, 0.5) is 0 Å². The zero-order valence-corrected chi connectivity index (χ0v) is 8.04. The Morgan fingerprint density at radius 1 is 1.23 bits per heavy atom. The summed E-state index contributed by atoms with van der Waals surface area (Å²) >= 11 is 0. The maximum absolute atomic E-state index is 4.33. The van der Waals surface area contributed by atoms with Gasteiger partial charge in [-0.25, -0.2) is 0 Å². The summed E-state index contributed by atoms with van der Waals surface area (Å²) in [5.41, 5.74) is 5.63.